The second-order valence-electron chi connectivity index (χ2n) is 6.54. The van der Waals surface area contributed by atoms with Gasteiger partial charge in [0, 0.05) is 31.7 Å². The molecule has 1 aliphatic carbocycles. The third-order valence-corrected chi connectivity index (χ3v) is 4.82. The van der Waals surface area contributed by atoms with Crippen LogP contribution in [0.25, 0.3) is 0 Å². The first-order valence-corrected chi connectivity index (χ1v) is 8.53. The lowest BCUT2D eigenvalue weighted by molar-refractivity contribution is 0.424. The molecule has 0 unspecified atom stereocenters. The van der Waals surface area contributed by atoms with E-state index in [0.717, 1.165) is 38.3 Å². The summed E-state index contributed by atoms with van der Waals surface area (Å²) >= 11 is 0. The van der Waals surface area contributed by atoms with E-state index in [1.54, 1.807) is 18.3 Å². The van der Waals surface area contributed by atoms with E-state index in [1.807, 2.05) is 0 Å². The average Bonchev–Trinajstić information content (AvgIpc) is 2.60. The topological polar surface area (TPSA) is 77.7 Å². The molecule has 24 heavy (non-hydrogen) atoms. The van der Waals surface area contributed by atoms with Gasteiger partial charge in [0.25, 0.3) is 0 Å². The summed E-state index contributed by atoms with van der Waals surface area (Å²) in [6.07, 6.45) is 6.40. The van der Waals surface area contributed by atoms with Crippen molar-refractivity contribution in [1.29, 1.82) is 5.26 Å². The molecule has 2 aromatic heterocycles. The standard InChI is InChI=1S/C18H20N6/c19-9-15-5-3-7-20-18(15)21-10-13-11-24(12-13)17-8-14-4-1-2-6-16(14)22-23-17/h3,5,7-8,13H,1-2,4,6,10-12H2,(H,20,21). The second kappa shape index (κ2) is 6.44. The van der Waals surface area contributed by atoms with Crippen molar-refractivity contribution in [2.45, 2.75) is 25.7 Å². The van der Waals surface area contributed by atoms with E-state index in [1.165, 1.54) is 24.1 Å². The van der Waals surface area contributed by atoms with Crippen molar-refractivity contribution < 1.29 is 0 Å². The van der Waals surface area contributed by atoms with Gasteiger partial charge in [-0.05, 0) is 49.4 Å². The van der Waals surface area contributed by atoms with Crippen molar-refractivity contribution >= 4 is 11.6 Å². The number of nitriles is 1. The van der Waals surface area contributed by atoms with Crippen LogP contribution >= 0.6 is 0 Å². The molecule has 0 aromatic carbocycles. The highest BCUT2D eigenvalue weighted by Crippen LogP contribution is 2.27. The maximum Gasteiger partial charge on any atom is 0.151 e. The van der Waals surface area contributed by atoms with Gasteiger partial charge in [-0.2, -0.15) is 10.4 Å². The highest BCUT2D eigenvalue weighted by Gasteiger charge is 2.28. The van der Waals surface area contributed by atoms with Crippen molar-refractivity contribution in [2.75, 3.05) is 29.9 Å². The Morgan fingerprint density at radius 2 is 2.12 bits per heavy atom. The fourth-order valence-corrected chi connectivity index (χ4v) is 3.40. The summed E-state index contributed by atoms with van der Waals surface area (Å²) in [5, 5.41) is 21.2. The first kappa shape index (κ1) is 14.9. The van der Waals surface area contributed by atoms with E-state index in [4.69, 9.17) is 5.26 Å². The second-order valence-corrected chi connectivity index (χ2v) is 6.54. The molecule has 0 bridgehead atoms. The molecule has 122 valence electrons. The molecule has 0 radical (unpaired) electrons. The molecule has 1 fully saturated rings. The van der Waals surface area contributed by atoms with Crippen molar-refractivity contribution in [3.05, 3.63) is 41.2 Å². The van der Waals surface area contributed by atoms with Gasteiger partial charge in [-0.1, -0.05) is 0 Å². The molecule has 1 saturated heterocycles. The van der Waals surface area contributed by atoms with Crippen molar-refractivity contribution in [1.82, 2.24) is 15.2 Å². The number of hydrogen-bond acceptors (Lipinski definition) is 6. The summed E-state index contributed by atoms with van der Waals surface area (Å²) in [5.41, 5.74) is 3.15. The largest absolute Gasteiger partial charge is 0.369 e. The number of aryl methyl sites for hydroxylation is 2. The van der Waals surface area contributed by atoms with Gasteiger partial charge in [-0.25, -0.2) is 4.98 Å². The summed E-state index contributed by atoms with van der Waals surface area (Å²) in [6, 6.07) is 7.95. The Kier molecular flexibility index (Phi) is 3.99. The van der Waals surface area contributed by atoms with Crippen LogP contribution in [-0.2, 0) is 12.8 Å². The Hall–Kier alpha value is -2.68. The van der Waals surface area contributed by atoms with E-state index >= 15 is 0 Å². The number of nitrogens with zero attached hydrogens (tertiary/aromatic N) is 5. The van der Waals surface area contributed by atoms with Gasteiger partial charge in [0.1, 0.15) is 11.9 Å². The smallest absolute Gasteiger partial charge is 0.151 e. The van der Waals surface area contributed by atoms with Crippen LogP contribution in [0.2, 0.25) is 0 Å². The predicted molar refractivity (Wildman–Crippen MR) is 91.8 cm³/mol. The van der Waals surface area contributed by atoms with Crippen molar-refractivity contribution in [2.24, 2.45) is 5.92 Å². The van der Waals surface area contributed by atoms with Crippen LogP contribution in [-0.4, -0.2) is 34.8 Å². The van der Waals surface area contributed by atoms with Crippen LogP contribution < -0.4 is 10.2 Å². The quantitative estimate of drug-likeness (QED) is 0.930. The number of fused-ring (bicyclic) bond motifs is 1. The third kappa shape index (κ3) is 2.90. The first-order valence-electron chi connectivity index (χ1n) is 8.53. The first-order chi connectivity index (χ1) is 11.8. The lowest BCUT2D eigenvalue weighted by Gasteiger charge is -2.40. The molecular formula is C18H20N6. The summed E-state index contributed by atoms with van der Waals surface area (Å²) in [6.45, 7) is 2.75. The zero-order valence-corrected chi connectivity index (χ0v) is 13.6. The van der Waals surface area contributed by atoms with Gasteiger partial charge < -0.3 is 10.2 Å². The monoisotopic (exact) mass is 320 g/mol. The molecular weight excluding hydrogens is 300 g/mol. The van der Waals surface area contributed by atoms with E-state index in [-0.39, 0.29) is 0 Å². The summed E-state index contributed by atoms with van der Waals surface area (Å²) < 4.78 is 0. The number of nitrogens with one attached hydrogen (secondary N) is 1. The van der Waals surface area contributed by atoms with Crippen LogP contribution in [0.3, 0.4) is 0 Å². The van der Waals surface area contributed by atoms with Gasteiger partial charge in [-0.15, -0.1) is 5.10 Å². The van der Waals surface area contributed by atoms with Gasteiger partial charge in [0.15, 0.2) is 5.82 Å². The summed E-state index contributed by atoms with van der Waals surface area (Å²) in [7, 11) is 0. The number of rotatable bonds is 4. The molecule has 0 saturated carbocycles. The van der Waals surface area contributed by atoms with E-state index in [2.05, 4.69) is 37.5 Å². The minimum Gasteiger partial charge on any atom is -0.369 e. The number of pyridine rings is 1. The lowest BCUT2D eigenvalue weighted by Crippen LogP contribution is -2.50. The van der Waals surface area contributed by atoms with Gasteiger partial charge in [0.05, 0.1) is 11.3 Å². The van der Waals surface area contributed by atoms with Gasteiger partial charge in [-0.3, -0.25) is 0 Å². The van der Waals surface area contributed by atoms with Crippen LogP contribution in [0.15, 0.2) is 24.4 Å². The Morgan fingerprint density at radius 3 is 3.00 bits per heavy atom. The molecule has 4 rings (SSSR count). The number of aromatic nitrogens is 3. The van der Waals surface area contributed by atoms with Crippen LogP contribution in [0.4, 0.5) is 11.6 Å². The molecule has 0 spiro atoms. The fourth-order valence-electron chi connectivity index (χ4n) is 3.40. The average molecular weight is 320 g/mol. The highest BCUT2D eigenvalue weighted by molar-refractivity contribution is 5.51. The van der Waals surface area contributed by atoms with E-state index in [9.17, 15) is 0 Å². The molecule has 0 atom stereocenters. The maximum atomic E-state index is 9.09. The highest BCUT2D eigenvalue weighted by atomic mass is 15.3. The Morgan fingerprint density at radius 1 is 1.25 bits per heavy atom. The van der Waals surface area contributed by atoms with Gasteiger partial charge in [0.2, 0.25) is 0 Å². The minimum atomic E-state index is 0.538. The van der Waals surface area contributed by atoms with Crippen molar-refractivity contribution in [3.8, 4) is 6.07 Å². The van der Waals surface area contributed by atoms with E-state index < -0.39 is 0 Å². The minimum absolute atomic E-state index is 0.538. The zero-order chi connectivity index (χ0) is 16.4. The zero-order valence-electron chi connectivity index (χ0n) is 13.6. The SMILES string of the molecule is N#Cc1cccnc1NCC1CN(c2cc3c(nn2)CCCC3)C1. The molecule has 6 heteroatoms. The number of hydrogen-bond donors (Lipinski definition) is 1. The molecule has 1 aliphatic heterocycles. The molecule has 6 nitrogen and oxygen atoms in total. The lowest BCUT2D eigenvalue weighted by atomic mass is 9.95. The number of anilines is 2. The normalized spacial score (nSPS) is 16.9. The molecule has 1 N–H and O–H groups in total. The molecule has 2 aliphatic rings. The molecule has 0 amide bonds. The van der Waals surface area contributed by atoms with Crippen LogP contribution in [0.5, 0.6) is 0 Å². The third-order valence-electron chi connectivity index (χ3n) is 4.82. The van der Waals surface area contributed by atoms with Crippen LogP contribution in [0, 0.1) is 17.2 Å². The van der Waals surface area contributed by atoms with Crippen molar-refractivity contribution in [3.63, 3.8) is 0 Å². The van der Waals surface area contributed by atoms with Crippen LogP contribution in [0.1, 0.15) is 29.7 Å². The Bertz CT molecular complexity index is 775. The van der Waals surface area contributed by atoms with E-state index in [0.29, 0.717) is 17.3 Å². The predicted octanol–water partition coefficient (Wildman–Crippen LogP) is 2.17. The Labute approximate surface area is 141 Å². The summed E-state index contributed by atoms with van der Waals surface area (Å²) in [5.74, 6) is 2.21. The maximum absolute atomic E-state index is 9.09. The Balaban J connectivity index is 1.33. The molecule has 2 aromatic rings. The fraction of sp³-hybridized carbons (Fsp3) is 0.444. The summed E-state index contributed by atoms with van der Waals surface area (Å²) in [4.78, 5) is 6.51. The molecule has 3 heterocycles. The van der Waals surface area contributed by atoms with Gasteiger partial charge >= 0.3 is 0 Å².